The largest absolute Gasteiger partial charge is 0.496 e. The van der Waals surface area contributed by atoms with Crippen molar-refractivity contribution in [1.29, 1.82) is 0 Å². The van der Waals surface area contributed by atoms with Crippen molar-refractivity contribution in [3.63, 3.8) is 0 Å². The van der Waals surface area contributed by atoms with Crippen LogP contribution in [0.5, 0.6) is 5.75 Å². The van der Waals surface area contributed by atoms with E-state index in [4.69, 9.17) is 10.5 Å². The van der Waals surface area contributed by atoms with E-state index in [1.54, 1.807) is 30.0 Å². The van der Waals surface area contributed by atoms with Gasteiger partial charge < -0.3 is 15.8 Å². The standard InChI is InChI=1S/C13H20N2O2S/c1-4-18-8-9(2)15-13(16)11-6-5-10(14)7-12(11)17-3/h5-7,9H,4,8,14H2,1-3H3,(H,15,16). The van der Waals surface area contributed by atoms with E-state index in [0.29, 0.717) is 17.0 Å². The highest BCUT2D eigenvalue weighted by atomic mass is 32.2. The molecular weight excluding hydrogens is 248 g/mol. The number of ether oxygens (including phenoxy) is 1. The van der Waals surface area contributed by atoms with Crippen molar-refractivity contribution < 1.29 is 9.53 Å². The fraction of sp³-hybridized carbons (Fsp3) is 0.462. The van der Waals surface area contributed by atoms with Crippen molar-refractivity contribution in [3.8, 4) is 5.75 Å². The van der Waals surface area contributed by atoms with Gasteiger partial charge in [0.05, 0.1) is 12.7 Å². The number of methoxy groups -OCH3 is 1. The Hall–Kier alpha value is -1.36. The van der Waals surface area contributed by atoms with Crippen LogP contribution >= 0.6 is 11.8 Å². The zero-order valence-corrected chi connectivity index (χ0v) is 11.8. The second-order valence-corrected chi connectivity index (χ2v) is 5.31. The van der Waals surface area contributed by atoms with E-state index in [9.17, 15) is 4.79 Å². The molecule has 1 rings (SSSR count). The van der Waals surface area contributed by atoms with Crippen LogP contribution in [0.1, 0.15) is 24.2 Å². The molecule has 1 aromatic rings. The summed E-state index contributed by atoms with van der Waals surface area (Å²) >= 11 is 1.80. The lowest BCUT2D eigenvalue weighted by Gasteiger charge is -2.15. The molecule has 0 spiro atoms. The molecule has 3 N–H and O–H groups in total. The lowest BCUT2D eigenvalue weighted by Crippen LogP contribution is -2.34. The first-order chi connectivity index (χ1) is 8.58. The van der Waals surface area contributed by atoms with E-state index in [-0.39, 0.29) is 11.9 Å². The summed E-state index contributed by atoms with van der Waals surface area (Å²) in [5, 5.41) is 2.94. The number of hydrogen-bond donors (Lipinski definition) is 2. The molecule has 0 bridgehead atoms. The molecule has 0 fully saturated rings. The summed E-state index contributed by atoms with van der Waals surface area (Å²) in [5.41, 5.74) is 6.75. The van der Waals surface area contributed by atoms with Crippen LogP contribution in [0.2, 0.25) is 0 Å². The van der Waals surface area contributed by atoms with Crippen molar-refractivity contribution in [2.45, 2.75) is 19.9 Å². The number of carbonyl (C=O) groups excluding carboxylic acids is 1. The number of carbonyl (C=O) groups is 1. The second-order valence-electron chi connectivity index (χ2n) is 3.99. The SMILES string of the molecule is CCSCC(C)NC(=O)c1ccc(N)cc1OC. The normalized spacial score (nSPS) is 11.9. The van der Waals surface area contributed by atoms with Gasteiger partial charge in [-0.2, -0.15) is 11.8 Å². The lowest BCUT2D eigenvalue weighted by atomic mass is 10.1. The summed E-state index contributed by atoms with van der Waals surface area (Å²) in [4.78, 5) is 12.1. The molecular formula is C13H20N2O2S. The fourth-order valence-corrected chi connectivity index (χ4v) is 2.21. The predicted octanol–water partition coefficient (Wildman–Crippen LogP) is 2.15. The third-order valence-electron chi connectivity index (χ3n) is 2.42. The molecule has 0 aliphatic rings. The zero-order chi connectivity index (χ0) is 13.5. The molecule has 0 saturated heterocycles. The van der Waals surface area contributed by atoms with Gasteiger partial charge in [-0.3, -0.25) is 4.79 Å². The Labute approximate surface area is 112 Å². The Kier molecular flexibility index (Phi) is 5.85. The molecule has 0 radical (unpaired) electrons. The molecule has 0 aliphatic carbocycles. The van der Waals surface area contributed by atoms with Crippen LogP contribution in [0.4, 0.5) is 5.69 Å². The van der Waals surface area contributed by atoms with E-state index in [1.807, 2.05) is 6.92 Å². The maximum absolute atomic E-state index is 12.1. The Balaban J connectivity index is 2.72. The third-order valence-corrected chi connectivity index (χ3v) is 3.56. The van der Waals surface area contributed by atoms with Crippen LogP contribution in [-0.4, -0.2) is 30.6 Å². The average molecular weight is 268 g/mol. The first-order valence-electron chi connectivity index (χ1n) is 5.90. The first-order valence-corrected chi connectivity index (χ1v) is 7.06. The lowest BCUT2D eigenvalue weighted by molar-refractivity contribution is 0.0941. The monoisotopic (exact) mass is 268 g/mol. The van der Waals surface area contributed by atoms with Gasteiger partial charge in [-0.25, -0.2) is 0 Å². The van der Waals surface area contributed by atoms with E-state index in [0.717, 1.165) is 11.5 Å². The first kappa shape index (κ1) is 14.7. The van der Waals surface area contributed by atoms with Crippen molar-refractivity contribution >= 4 is 23.4 Å². The van der Waals surface area contributed by atoms with Crippen LogP contribution in [0, 0.1) is 0 Å². The van der Waals surface area contributed by atoms with Crippen molar-refractivity contribution in [3.05, 3.63) is 23.8 Å². The number of nitrogen functional groups attached to an aromatic ring is 1. The van der Waals surface area contributed by atoms with Crippen LogP contribution < -0.4 is 15.8 Å². The molecule has 0 aliphatic heterocycles. The van der Waals surface area contributed by atoms with Crippen LogP contribution in [0.15, 0.2) is 18.2 Å². The summed E-state index contributed by atoms with van der Waals surface area (Å²) in [6.07, 6.45) is 0. The van der Waals surface area contributed by atoms with Gasteiger partial charge in [-0.15, -0.1) is 0 Å². The number of nitrogens with two attached hydrogens (primary N) is 1. The summed E-state index contributed by atoms with van der Waals surface area (Å²) in [5.74, 6) is 2.32. The molecule has 0 aromatic heterocycles. The van der Waals surface area contributed by atoms with E-state index < -0.39 is 0 Å². The van der Waals surface area contributed by atoms with Gasteiger partial charge in [0.1, 0.15) is 5.75 Å². The molecule has 0 saturated carbocycles. The van der Waals surface area contributed by atoms with Crippen LogP contribution in [0.25, 0.3) is 0 Å². The number of amides is 1. The third kappa shape index (κ3) is 4.14. The molecule has 5 heteroatoms. The zero-order valence-electron chi connectivity index (χ0n) is 11.0. The summed E-state index contributed by atoms with van der Waals surface area (Å²) < 4.78 is 5.16. The fourth-order valence-electron chi connectivity index (χ4n) is 1.53. The second kappa shape index (κ2) is 7.16. The molecule has 1 aromatic carbocycles. The van der Waals surface area contributed by atoms with E-state index in [1.165, 1.54) is 7.11 Å². The highest BCUT2D eigenvalue weighted by Crippen LogP contribution is 2.21. The molecule has 1 unspecified atom stereocenters. The quantitative estimate of drug-likeness (QED) is 0.776. The van der Waals surface area contributed by atoms with Gasteiger partial charge in [0, 0.05) is 23.5 Å². The van der Waals surface area contributed by atoms with Crippen molar-refractivity contribution in [1.82, 2.24) is 5.32 Å². The Morgan fingerprint density at radius 3 is 2.89 bits per heavy atom. The van der Waals surface area contributed by atoms with Crippen molar-refractivity contribution in [2.24, 2.45) is 0 Å². The molecule has 1 atom stereocenters. The molecule has 1 amide bonds. The number of thioether (sulfide) groups is 1. The molecule has 100 valence electrons. The van der Waals surface area contributed by atoms with Gasteiger partial charge in [-0.05, 0) is 24.8 Å². The Bertz CT molecular complexity index is 410. The van der Waals surface area contributed by atoms with E-state index in [2.05, 4.69) is 12.2 Å². The molecule has 18 heavy (non-hydrogen) atoms. The van der Waals surface area contributed by atoms with Gasteiger partial charge in [0.25, 0.3) is 5.91 Å². The predicted molar refractivity (Wildman–Crippen MR) is 77.3 cm³/mol. The van der Waals surface area contributed by atoms with E-state index >= 15 is 0 Å². The van der Waals surface area contributed by atoms with Gasteiger partial charge in [-0.1, -0.05) is 6.92 Å². The van der Waals surface area contributed by atoms with Crippen molar-refractivity contribution in [2.75, 3.05) is 24.3 Å². The minimum Gasteiger partial charge on any atom is -0.496 e. The number of rotatable bonds is 6. The van der Waals surface area contributed by atoms with Gasteiger partial charge in [0.15, 0.2) is 0 Å². The summed E-state index contributed by atoms with van der Waals surface area (Å²) in [7, 11) is 1.53. The van der Waals surface area contributed by atoms with Gasteiger partial charge in [0.2, 0.25) is 0 Å². The van der Waals surface area contributed by atoms with Crippen LogP contribution in [0.3, 0.4) is 0 Å². The number of anilines is 1. The Morgan fingerprint density at radius 1 is 1.56 bits per heavy atom. The summed E-state index contributed by atoms with van der Waals surface area (Å²) in [6, 6.07) is 5.16. The molecule has 4 nitrogen and oxygen atoms in total. The number of nitrogens with one attached hydrogen (secondary N) is 1. The number of hydrogen-bond acceptors (Lipinski definition) is 4. The smallest absolute Gasteiger partial charge is 0.255 e. The maximum Gasteiger partial charge on any atom is 0.255 e. The topological polar surface area (TPSA) is 64.4 Å². The summed E-state index contributed by atoms with van der Waals surface area (Å²) in [6.45, 7) is 4.09. The Morgan fingerprint density at radius 2 is 2.28 bits per heavy atom. The van der Waals surface area contributed by atoms with Crippen LogP contribution in [-0.2, 0) is 0 Å². The number of benzene rings is 1. The average Bonchev–Trinajstić information content (AvgIpc) is 2.35. The maximum atomic E-state index is 12.1. The minimum atomic E-state index is -0.129. The van der Waals surface area contributed by atoms with Gasteiger partial charge >= 0.3 is 0 Å². The molecule has 0 heterocycles. The minimum absolute atomic E-state index is 0.129. The highest BCUT2D eigenvalue weighted by molar-refractivity contribution is 7.99. The highest BCUT2D eigenvalue weighted by Gasteiger charge is 2.14.